The lowest BCUT2D eigenvalue weighted by Gasteiger charge is -2.07. The minimum Gasteiger partial charge on any atom is -0.313 e. The van der Waals surface area contributed by atoms with Crippen molar-refractivity contribution in [2.75, 3.05) is 12.3 Å². The van der Waals surface area contributed by atoms with Gasteiger partial charge in [-0.25, -0.2) is 9.97 Å². The van der Waals surface area contributed by atoms with Gasteiger partial charge < -0.3 is 5.32 Å². The Balaban J connectivity index is 1.85. The normalized spacial score (nSPS) is 21.4. The summed E-state index contributed by atoms with van der Waals surface area (Å²) in [7, 11) is 0. The average molecular weight is 209 g/mol. The van der Waals surface area contributed by atoms with E-state index in [-0.39, 0.29) is 0 Å². The third kappa shape index (κ3) is 2.69. The van der Waals surface area contributed by atoms with Gasteiger partial charge in [-0.05, 0) is 32.4 Å². The summed E-state index contributed by atoms with van der Waals surface area (Å²) in [6, 6.07) is 2.59. The standard InChI is InChI=1S/C10H15N3S/c1-8-4-6-12-10(13-8)14-7-9-3-2-5-11-9/h4,6,9,11H,2-3,5,7H2,1H3/t9-/m1/s1. The zero-order valence-electron chi connectivity index (χ0n) is 8.36. The number of rotatable bonds is 3. The highest BCUT2D eigenvalue weighted by molar-refractivity contribution is 7.99. The fraction of sp³-hybridized carbons (Fsp3) is 0.600. The van der Waals surface area contributed by atoms with Crippen LogP contribution in [0.25, 0.3) is 0 Å². The summed E-state index contributed by atoms with van der Waals surface area (Å²) in [5.74, 6) is 1.09. The molecular formula is C10H15N3S. The third-order valence-electron chi connectivity index (χ3n) is 2.35. The molecule has 0 unspecified atom stereocenters. The van der Waals surface area contributed by atoms with Crippen LogP contribution < -0.4 is 5.32 Å². The van der Waals surface area contributed by atoms with Gasteiger partial charge in [0.05, 0.1) is 0 Å². The van der Waals surface area contributed by atoms with Crippen LogP contribution in [-0.4, -0.2) is 28.3 Å². The van der Waals surface area contributed by atoms with Gasteiger partial charge in [-0.2, -0.15) is 0 Å². The van der Waals surface area contributed by atoms with Crippen LogP contribution in [0.1, 0.15) is 18.5 Å². The van der Waals surface area contributed by atoms with E-state index in [9.17, 15) is 0 Å². The first-order valence-corrected chi connectivity index (χ1v) is 5.99. The van der Waals surface area contributed by atoms with Crippen molar-refractivity contribution in [3.63, 3.8) is 0 Å². The van der Waals surface area contributed by atoms with Crippen molar-refractivity contribution in [1.82, 2.24) is 15.3 Å². The summed E-state index contributed by atoms with van der Waals surface area (Å²) in [6.07, 6.45) is 4.42. The zero-order valence-corrected chi connectivity index (χ0v) is 9.18. The van der Waals surface area contributed by atoms with Crippen LogP contribution in [0.2, 0.25) is 0 Å². The van der Waals surface area contributed by atoms with Gasteiger partial charge in [0.2, 0.25) is 0 Å². The van der Waals surface area contributed by atoms with E-state index in [0.717, 1.165) is 16.6 Å². The molecule has 0 aliphatic carbocycles. The maximum Gasteiger partial charge on any atom is 0.187 e. The van der Waals surface area contributed by atoms with Gasteiger partial charge in [-0.15, -0.1) is 0 Å². The maximum atomic E-state index is 4.36. The lowest BCUT2D eigenvalue weighted by Crippen LogP contribution is -2.23. The summed E-state index contributed by atoms with van der Waals surface area (Å²) in [5.41, 5.74) is 1.04. The Morgan fingerprint density at radius 3 is 3.29 bits per heavy atom. The Morgan fingerprint density at radius 2 is 2.57 bits per heavy atom. The Labute approximate surface area is 88.7 Å². The molecule has 14 heavy (non-hydrogen) atoms. The Bertz CT molecular complexity index is 297. The largest absolute Gasteiger partial charge is 0.313 e. The van der Waals surface area contributed by atoms with Gasteiger partial charge in [0.1, 0.15) is 0 Å². The van der Waals surface area contributed by atoms with Crippen LogP contribution in [0.5, 0.6) is 0 Å². The number of nitrogens with one attached hydrogen (secondary N) is 1. The smallest absolute Gasteiger partial charge is 0.187 e. The van der Waals surface area contributed by atoms with Crippen LogP contribution in [0, 0.1) is 6.92 Å². The number of aromatic nitrogens is 2. The highest BCUT2D eigenvalue weighted by Gasteiger charge is 2.14. The van der Waals surface area contributed by atoms with Crippen molar-refractivity contribution in [3.05, 3.63) is 18.0 Å². The van der Waals surface area contributed by atoms with Crippen molar-refractivity contribution in [2.45, 2.75) is 31.0 Å². The molecule has 3 nitrogen and oxygen atoms in total. The molecule has 1 aromatic heterocycles. The molecule has 0 radical (unpaired) electrons. The van der Waals surface area contributed by atoms with E-state index in [1.807, 2.05) is 19.2 Å². The molecular weight excluding hydrogens is 194 g/mol. The molecule has 1 aliphatic rings. The van der Waals surface area contributed by atoms with Crippen LogP contribution in [0.15, 0.2) is 17.4 Å². The summed E-state index contributed by atoms with van der Waals surface area (Å²) in [4.78, 5) is 8.58. The van der Waals surface area contributed by atoms with Crippen LogP contribution in [-0.2, 0) is 0 Å². The van der Waals surface area contributed by atoms with E-state index < -0.39 is 0 Å². The van der Waals surface area contributed by atoms with Crippen molar-refractivity contribution in [1.29, 1.82) is 0 Å². The van der Waals surface area contributed by atoms with Crippen molar-refractivity contribution in [2.24, 2.45) is 0 Å². The molecule has 0 amide bonds. The van der Waals surface area contributed by atoms with Gasteiger partial charge in [0.25, 0.3) is 0 Å². The predicted octanol–water partition coefficient (Wildman–Crippen LogP) is 1.63. The molecule has 0 saturated carbocycles. The molecule has 1 saturated heterocycles. The molecule has 4 heteroatoms. The molecule has 1 aliphatic heterocycles. The topological polar surface area (TPSA) is 37.8 Å². The summed E-state index contributed by atoms with van der Waals surface area (Å²) < 4.78 is 0. The van der Waals surface area contributed by atoms with Crippen molar-refractivity contribution < 1.29 is 0 Å². The predicted molar refractivity (Wildman–Crippen MR) is 58.5 cm³/mol. The second-order valence-corrected chi connectivity index (χ2v) is 4.57. The first kappa shape index (κ1) is 9.93. The van der Waals surface area contributed by atoms with Crippen molar-refractivity contribution in [3.8, 4) is 0 Å². The van der Waals surface area contributed by atoms with Gasteiger partial charge in [-0.1, -0.05) is 11.8 Å². The van der Waals surface area contributed by atoms with E-state index in [1.165, 1.54) is 19.4 Å². The summed E-state index contributed by atoms with van der Waals surface area (Å²) in [6.45, 7) is 3.17. The van der Waals surface area contributed by atoms with Gasteiger partial charge in [0.15, 0.2) is 5.16 Å². The molecule has 0 spiro atoms. The molecule has 2 heterocycles. The van der Waals surface area contributed by atoms with E-state index in [0.29, 0.717) is 6.04 Å². The summed E-state index contributed by atoms with van der Waals surface area (Å²) >= 11 is 1.75. The van der Waals surface area contributed by atoms with Crippen LogP contribution in [0.4, 0.5) is 0 Å². The van der Waals surface area contributed by atoms with E-state index in [4.69, 9.17) is 0 Å². The highest BCUT2D eigenvalue weighted by Crippen LogP contribution is 2.17. The molecule has 76 valence electrons. The lowest BCUT2D eigenvalue weighted by molar-refractivity contribution is 0.673. The van der Waals surface area contributed by atoms with Gasteiger partial charge in [0, 0.05) is 23.7 Å². The molecule has 0 aromatic carbocycles. The van der Waals surface area contributed by atoms with E-state index in [2.05, 4.69) is 15.3 Å². The quantitative estimate of drug-likeness (QED) is 0.606. The molecule has 2 rings (SSSR count). The highest BCUT2D eigenvalue weighted by atomic mass is 32.2. The zero-order chi connectivity index (χ0) is 9.80. The third-order valence-corrected chi connectivity index (χ3v) is 3.37. The number of aryl methyl sites for hydroxylation is 1. The minimum absolute atomic E-state index is 0.657. The Kier molecular flexibility index (Phi) is 3.37. The average Bonchev–Trinajstić information content (AvgIpc) is 2.67. The lowest BCUT2D eigenvalue weighted by atomic mass is 10.3. The SMILES string of the molecule is Cc1ccnc(SC[C@H]2CCCN2)n1. The Morgan fingerprint density at radius 1 is 1.64 bits per heavy atom. The monoisotopic (exact) mass is 209 g/mol. The van der Waals surface area contributed by atoms with E-state index in [1.54, 1.807) is 11.8 Å². The second-order valence-electron chi connectivity index (χ2n) is 3.58. The minimum atomic E-state index is 0.657. The first-order chi connectivity index (χ1) is 6.84. The number of nitrogens with zero attached hydrogens (tertiary/aromatic N) is 2. The number of thioether (sulfide) groups is 1. The fourth-order valence-electron chi connectivity index (χ4n) is 1.57. The molecule has 1 N–H and O–H groups in total. The molecule has 1 fully saturated rings. The first-order valence-electron chi connectivity index (χ1n) is 5.00. The van der Waals surface area contributed by atoms with Gasteiger partial charge in [-0.3, -0.25) is 0 Å². The fourth-order valence-corrected chi connectivity index (χ4v) is 2.55. The molecule has 0 bridgehead atoms. The second kappa shape index (κ2) is 4.75. The van der Waals surface area contributed by atoms with Crippen molar-refractivity contribution >= 4 is 11.8 Å². The summed E-state index contributed by atoms with van der Waals surface area (Å²) in [5, 5.41) is 4.37. The molecule has 1 atom stereocenters. The van der Waals surface area contributed by atoms with Crippen LogP contribution in [0.3, 0.4) is 0 Å². The Hall–Kier alpha value is -0.610. The molecule has 1 aromatic rings. The van der Waals surface area contributed by atoms with E-state index >= 15 is 0 Å². The number of hydrogen-bond acceptors (Lipinski definition) is 4. The maximum absolute atomic E-state index is 4.36. The number of hydrogen-bond donors (Lipinski definition) is 1. The van der Waals surface area contributed by atoms with Gasteiger partial charge >= 0.3 is 0 Å². The van der Waals surface area contributed by atoms with Crippen LogP contribution >= 0.6 is 11.8 Å².